The Morgan fingerprint density at radius 1 is 1.14 bits per heavy atom. The standard InChI is InChI=1S/C25H33F2N3O7/c1-24(2,35)29(16-32)10-11-36-12-13-37-19-7-6-17(20(26)21(19)27)14-30-23(34)18(15-31)22(33)25(28(30)3)8-4-5-9-25/h6-7,15-16,31,35H,4-5,8-14H2,1-3H3. The molecule has 1 saturated carbocycles. The number of hydrogen-bond acceptors (Lipinski definition) is 8. The number of ketones is 1. The van der Waals surface area contributed by atoms with Gasteiger partial charge in [0, 0.05) is 19.2 Å². The maximum absolute atomic E-state index is 14.9. The largest absolute Gasteiger partial charge is 0.515 e. The van der Waals surface area contributed by atoms with Gasteiger partial charge in [-0.15, -0.1) is 0 Å². The molecule has 2 fully saturated rings. The van der Waals surface area contributed by atoms with Crippen LogP contribution < -0.4 is 4.74 Å². The number of hydrogen-bond donors (Lipinski definition) is 2. The average Bonchev–Trinajstić information content (AvgIpc) is 3.35. The zero-order valence-corrected chi connectivity index (χ0v) is 21.2. The third-order valence-electron chi connectivity index (χ3n) is 6.91. The van der Waals surface area contributed by atoms with Gasteiger partial charge in [0.25, 0.3) is 5.91 Å². The minimum Gasteiger partial charge on any atom is -0.515 e. The molecule has 0 unspecified atom stereocenters. The lowest BCUT2D eigenvalue weighted by atomic mass is 9.84. The van der Waals surface area contributed by atoms with Gasteiger partial charge in [-0.25, -0.2) is 9.40 Å². The highest BCUT2D eigenvalue weighted by Gasteiger charge is 2.54. The van der Waals surface area contributed by atoms with Gasteiger partial charge in [0.1, 0.15) is 23.4 Å². The topological polar surface area (TPSA) is 120 Å². The van der Waals surface area contributed by atoms with Crippen LogP contribution in [-0.4, -0.2) is 87.9 Å². The van der Waals surface area contributed by atoms with Crippen molar-refractivity contribution in [1.29, 1.82) is 0 Å². The molecule has 2 amide bonds. The van der Waals surface area contributed by atoms with E-state index in [0.717, 1.165) is 22.8 Å². The molecule has 1 aliphatic carbocycles. The lowest BCUT2D eigenvalue weighted by molar-refractivity contribution is -0.171. The molecule has 2 aliphatic rings. The molecule has 1 spiro atoms. The molecule has 204 valence electrons. The maximum Gasteiger partial charge on any atom is 0.275 e. The van der Waals surface area contributed by atoms with Crippen LogP contribution in [0.25, 0.3) is 0 Å². The number of aliphatic hydroxyl groups is 2. The highest BCUT2D eigenvalue weighted by atomic mass is 19.2. The molecule has 0 bridgehead atoms. The van der Waals surface area contributed by atoms with E-state index in [9.17, 15) is 33.4 Å². The molecule has 1 aliphatic heterocycles. The Hall–Kier alpha value is -3.09. The van der Waals surface area contributed by atoms with Crippen LogP contribution in [0.2, 0.25) is 0 Å². The summed E-state index contributed by atoms with van der Waals surface area (Å²) < 4.78 is 40.3. The summed E-state index contributed by atoms with van der Waals surface area (Å²) >= 11 is 0. The van der Waals surface area contributed by atoms with Crippen LogP contribution in [-0.2, 0) is 25.7 Å². The van der Waals surface area contributed by atoms with E-state index >= 15 is 0 Å². The van der Waals surface area contributed by atoms with Gasteiger partial charge >= 0.3 is 0 Å². The summed E-state index contributed by atoms with van der Waals surface area (Å²) in [5.74, 6) is -4.02. The Bertz CT molecular complexity index is 1050. The van der Waals surface area contributed by atoms with Gasteiger partial charge in [0.15, 0.2) is 17.3 Å². The van der Waals surface area contributed by atoms with Crippen molar-refractivity contribution >= 4 is 18.1 Å². The first-order valence-electron chi connectivity index (χ1n) is 12.0. The number of hydrazine groups is 1. The van der Waals surface area contributed by atoms with Crippen molar-refractivity contribution in [1.82, 2.24) is 14.9 Å². The van der Waals surface area contributed by atoms with Crippen LogP contribution >= 0.6 is 0 Å². The fraction of sp³-hybridized carbons (Fsp3) is 0.560. The second-order valence-corrected chi connectivity index (χ2v) is 9.60. The number of Topliss-reactive ketones (excluding diaryl/α,β-unsaturated/α-hetero) is 1. The van der Waals surface area contributed by atoms with E-state index in [0.29, 0.717) is 25.5 Å². The van der Waals surface area contributed by atoms with Gasteiger partial charge in [0.05, 0.1) is 26.0 Å². The van der Waals surface area contributed by atoms with Gasteiger partial charge in [-0.2, -0.15) is 4.39 Å². The first-order valence-corrected chi connectivity index (χ1v) is 12.0. The highest BCUT2D eigenvalue weighted by Crippen LogP contribution is 2.42. The quantitative estimate of drug-likeness (QED) is 0.113. The lowest BCUT2D eigenvalue weighted by Crippen LogP contribution is -2.65. The first kappa shape index (κ1) is 28.5. The molecule has 12 heteroatoms. The fourth-order valence-electron chi connectivity index (χ4n) is 4.70. The van der Waals surface area contributed by atoms with Crippen molar-refractivity contribution in [3.63, 3.8) is 0 Å². The van der Waals surface area contributed by atoms with Crippen molar-refractivity contribution < 1.29 is 42.9 Å². The van der Waals surface area contributed by atoms with Crippen LogP contribution in [0.4, 0.5) is 8.78 Å². The molecule has 1 heterocycles. The summed E-state index contributed by atoms with van der Waals surface area (Å²) in [6, 6.07) is 2.53. The van der Waals surface area contributed by atoms with Crippen molar-refractivity contribution in [3.05, 3.63) is 41.2 Å². The monoisotopic (exact) mass is 525 g/mol. The van der Waals surface area contributed by atoms with Gasteiger partial charge in [-0.05, 0) is 32.8 Å². The number of rotatable bonds is 11. The Labute approximate surface area is 214 Å². The zero-order chi connectivity index (χ0) is 27.4. The molecule has 1 saturated heterocycles. The van der Waals surface area contributed by atoms with Crippen LogP contribution in [0.5, 0.6) is 5.75 Å². The molecular weight excluding hydrogens is 492 g/mol. The van der Waals surface area contributed by atoms with Crippen molar-refractivity contribution in [2.45, 2.75) is 57.3 Å². The molecule has 1 aromatic rings. The summed E-state index contributed by atoms with van der Waals surface area (Å²) in [4.78, 5) is 37.9. The van der Waals surface area contributed by atoms with E-state index in [1.54, 1.807) is 7.05 Å². The predicted molar refractivity (Wildman–Crippen MR) is 127 cm³/mol. The highest BCUT2D eigenvalue weighted by molar-refractivity contribution is 6.23. The summed E-state index contributed by atoms with van der Waals surface area (Å²) in [6.45, 7) is 2.74. The molecule has 1 aromatic carbocycles. The summed E-state index contributed by atoms with van der Waals surface area (Å²) in [5, 5.41) is 22.0. The fourth-order valence-corrected chi connectivity index (χ4v) is 4.70. The van der Waals surface area contributed by atoms with Gasteiger partial charge in [-0.1, -0.05) is 18.9 Å². The third-order valence-corrected chi connectivity index (χ3v) is 6.91. The smallest absolute Gasteiger partial charge is 0.275 e. The van der Waals surface area contributed by atoms with Crippen molar-refractivity contribution in [3.8, 4) is 5.75 Å². The van der Waals surface area contributed by atoms with Crippen molar-refractivity contribution in [2.75, 3.05) is 33.4 Å². The van der Waals surface area contributed by atoms with E-state index in [1.165, 1.54) is 31.0 Å². The Balaban J connectivity index is 1.62. The molecular formula is C25H33F2N3O7. The van der Waals surface area contributed by atoms with Crippen LogP contribution in [0, 0.1) is 11.6 Å². The normalized spacial score (nSPS) is 19.2. The predicted octanol–water partition coefficient (Wildman–Crippen LogP) is 2.06. The van der Waals surface area contributed by atoms with Crippen LogP contribution in [0.1, 0.15) is 45.1 Å². The Kier molecular flexibility index (Phi) is 8.88. The number of benzene rings is 1. The van der Waals surface area contributed by atoms with Crippen LogP contribution in [0.3, 0.4) is 0 Å². The number of nitrogens with zero attached hydrogens (tertiary/aromatic N) is 3. The molecule has 3 rings (SSSR count). The number of halogens is 2. The minimum atomic E-state index is -1.33. The molecule has 37 heavy (non-hydrogen) atoms. The molecule has 0 aromatic heterocycles. The number of carbonyl (C=O) groups is 3. The summed E-state index contributed by atoms with van der Waals surface area (Å²) in [7, 11) is 1.57. The second-order valence-electron chi connectivity index (χ2n) is 9.60. The molecule has 10 nitrogen and oxygen atoms in total. The van der Waals surface area contributed by atoms with E-state index in [2.05, 4.69) is 0 Å². The molecule has 0 radical (unpaired) electrons. The third kappa shape index (κ3) is 5.76. The van der Waals surface area contributed by atoms with Gasteiger partial charge < -0.3 is 24.6 Å². The Morgan fingerprint density at radius 2 is 1.81 bits per heavy atom. The van der Waals surface area contributed by atoms with Crippen molar-refractivity contribution in [2.24, 2.45) is 0 Å². The summed E-state index contributed by atoms with van der Waals surface area (Å²) in [5.41, 5.74) is -2.84. The number of ether oxygens (including phenoxy) is 2. The van der Waals surface area contributed by atoms with E-state index < -0.39 is 34.6 Å². The lowest BCUT2D eigenvalue weighted by Gasteiger charge is -2.48. The minimum absolute atomic E-state index is 0.0286. The van der Waals surface area contributed by atoms with Gasteiger partial charge in [-0.3, -0.25) is 19.4 Å². The maximum atomic E-state index is 14.9. The SMILES string of the molecule is CN1N(Cc2ccc(OCCOCCN(C=O)C(C)(C)O)c(F)c2F)C(=O)C(=CO)C(=O)C12CCCC2. The zero-order valence-electron chi connectivity index (χ0n) is 21.2. The number of aliphatic hydroxyl groups excluding tert-OH is 1. The molecule has 0 atom stereocenters. The number of likely N-dealkylation sites (N-methyl/N-ethyl adjacent to an activating group) is 1. The molecule has 2 N–H and O–H groups in total. The average molecular weight is 526 g/mol. The van der Waals surface area contributed by atoms with Gasteiger partial charge in [0.2, 0.25) is 12.2 Å². The number of carbonyl (C=O) groups excluding carboxylic acids is 3. The number of amides is 2. The first-order chi connectivity index (χ1) is 17.5. The van der Waals surface area contributed by atoms with E-state index in [-0.39, 0.29) is 49.8 Å². The van der Waals surface area contributed by atoms with E-state index in [1.807, 2.05) is 0 Å². The van der Waals surface area contributed by atoms with Crippen LogP contribution in [0.15, 0.2) is 24.0 Å². The Morgan fingerprint density at radius 3 is 2.41 bits per heavy atom. The van der Waals surface area contributed by atoms with E-state index in [4.69, 9.17) is 9.47 Å². The summed E-state index contributed by atoms with van der Waals surface area (Å²) in [6.07, 6.45) is 3.50. The second kappa shape index (κ2) is 11.5.